The second-order valence-electron chi connectivity index (χ2n) is 5.45. The van der Waals surface area contributed by atoms with Gasteiger partial charge in [0.15, 0.2) is 0 Å². The molecular formula is C18H18FNOS. The Morgan fingerprint density at radius 3 is 2.45 bits per heavy atom. The summed E-state index contributed by atoms with van der Waals surface area (Å²) in [7, 11) is 0. The second kappa shape index (κ2) is 6.97. The predicted molar refractivity (Wildman–Crippen MR) is 87.1 cm³/mol. The molecule has 0 spiro atoms. The van der Waals surface area contributed by atoms with Gasteiger partial charge in [0.1, 0.15) is 5.82 Å². The molecule has 3 rings (SSSR count). The molecule has 0 radical (unpaired) electrons. The first-order valence-corrected chi connectivity index (χ1v) is 8.43. The van der Waals surface area contributed by atoms with Crippen LogP contribution in [-0.4, -0.2) is 22.6 Å². The summed E-state index contributed by atoms with van der Waals surface area (Å²) in [5, 5.41) is 0. The minimum absolute atomic E-state index is 0.0830. The monoisotopic (exact) mass is 315 g/mol. The number of carbonyl (C=O) groups is 1. The van der Waals surface area contributed by atoms with Gasteiger partial charge in [-0.3, -0.25) is 4.79 Å². The van der Waals surface area contributed by atoms with Crippen LogP contribution in [0.4, 0.5) is 4.39 Å². The summed E-state index contributed by atoms with van der Waals surface area (Å²) in [4.78, 5) is 15.4. The summed E-state index contributed by atoms with van der Waals surface area (Å²) in [5.74, 6) is 0.242. The first-order chi connectivity index (χ1) is 10.7. The highest BCUT2D eigenvalue weighted by molar-refractivity contribution is 8.00. The van der Waals surface area contributed by atoms with Crippen LogP contribution in [-0.2, 0) is 11.3 Å². The van der Waals surface area contributed by atoms with Gasteiger partial charge >= 0.3 is 0 Å². The van der Waals surface area contributed by atoms with Gasteiger partial charge in [-0.2, -0.15) is 0 Å². The van der Waals surface area contributed by atoms with Crippen LogP contribution in [0, 0.1) is 5.82 Å². The highest BCUT2D eigenvalue weighted by atomic mass is 32.2. The van der Waals surface area contributed by atoms with Crippen LogP contribution < -0.4 is 0 Å². The fourth-order valence-corrected chi connectivity index (χ4v) is 3.17. The van der Waals surface area contributed by atoms with E-state index in [1.54, 1.807) is 12.1 Å². The molecular weight excluding hydrogens is 297 g/mol. The number of carbonyl (C=O) groups excluding carboxylic acids is 1. The summed E-state index contributed by atoms with van der Waals surface area (Å²) in [6.45, 7) is 0.367. The van der Waals surface area contributed by atoms with Crippen molar-refractivity contribution in [1.82, 2.24) is 4.90 Å². The Morgan fingerprint density at radius 2 is 1.77 bits per heavy atom. The number of thioether (sulfide) groups is 1. The molecule has 4 heteroatoms. The molecule has 0 saturated heterocycles. The molecule has 0 unspecified atom stereocenters. The minimum atomic E-state index is -0.239. The zero-order valence-electron chi connectivity index (χ0n) is 12.2. The molecule has 2 aromatic rings. The molecule has 1 saturated carbocycles. The Morgan fingerprint density at radius 1 is 1.09 bits per heavy atom. The number of halogens is 1. The molecule has 1 aliphatic carbocycles. The van der Waals surface area contributed by atoms with E-state index in [1.807, 2.05) is 41.3 Å². The summed E-state index contributed by atoms with van der Waals surface area (Å²) in [5.41, 5.74) is 0.590. The Hall–Kier alpha value is -1.81. The zero-order chi connectivity index (χ0) is 15.4. The van der Waals surface area contributed by atoms with E-state index in [4.69, 9.17) is 0 Å². The SMILES string of the molecule is O=C(CSc1ccccc1)N(Cc1ccccc1F)C1CC1. The fourth-order valence-electron chi connectivity index (χ4n) is 2.36. The Bertz CT molecular complexity index is 643. The predicted octanol–water partition coefficient (Wildman–Crippen LogP) is 4.11. The van der Waals surface area contributed by atoms with E-state index < -0.39 is 0 Å². The van der Waals surface area contributed by atoms with Crippen LogP contribution in [0.5, 0.6) is 0 Å². The third-order valence-corrected chi connectivity index (χ3v) is 4.71. The maximum absolute atomic E-state index is 13.8. The van der Waals surface area contributed by atoms with Gasteiger partial charge in [0.2, 0.25) is 5.91 Å². The van der Waals surface area contributed by atoms with E-state index in [1.165, 1.54) is 17.8 Å². The van der Waals surface area contributed by atoms with Gasteiger partial charge in [0, 0.05) is 23.0 Å². The molecule has 0 N–H and O–H groups in total. The van der Waals surface area contributed by atoms with Gasteiger partial charge in [-0.1, -0.05) is 36.4 Å². The highest BCUT2D eigenvalue weighted by Crippen LogP contribution is 2.30. The van der Waals surface area contributed by atoms with Crippen LogP contribution in [0.1, 0.15) is 18.4 Å². The van der Waals surface area contributed by atoms with Crippen LogP contribution in [0.15, 0.2) is 59.5 Å². The number of hydrogen-bond donors (Lipinski definition) is 0. The topological polar surface area (TPSA) is 20.3 Å². The first-order valence-electron chi connectivity index (χ1n) is 7.45. The van der Waals surface area contributed by atoms with Crippen molar-refractivity contribution in [3.05, 3.63) is 66.0 Å². The molecule has 2 aromatic carbocycles. The number of benzene rings is 2. The molecule has 0 heterocycles. The number of nitrogens with zero attached hydrogens (tertiary/aromatic N) is 1. The van der Waals surface area contributed by atoms with Crippen LogP contribution in [0.3, 0.4) is 0 Å². The lowest BCUT2D eigenvalue weighted by molar-refractivity contribution is -0.129. The number of hydrogen-bond acceptors (Lipinski definition) is 2. The third-order valence-electron chi connectivity index (χ3n) is 3.71. The Balaban J connectivity index is 1.64. The maximum Gasteiger partial charge on any atom is 0.233 e. The van der Waals surface area contributed by atoms with Crippen molar-refractivity contribution >= 4 is 17.7 Å². The molecule has 0 aromatic heterocycles. The summed E-state index contributed by atoms with van der Waals surface area (Å²) in [6.07, 6.45) is 2.05. The average molecular weight is 315 g/mol. The molecule has 0 atom stereocenters. The molecule has 2 nitrogen and oxygen atoms in total. The van der Waals surface area contributed by atoms with Gasteiger partial charge in [-0.05, 0) is 31.0 Å². The molecule has 22 heavy (non-hydrogen) atoms. The smallest absolute Gasteiger partial charge is 0.233 e. The Kier molecular flexibility index (Phi) is 4.78. The van der Waals surface area contributed by atoms with Gasteiger partial charge in [0.05, 0.1) is 5.75 Å². The van der Waals surface area contributed by atoms with E-state index in [0.717, 1.165) is 17.7 Å². The summed E-state index contributed by atoms with van der Waals surface area (Å²) >= 11 is 1.53. The third kappa shape index (κ3) is 3.89. The standard InChI is InChI=1S/C18H18FNOS/c19-17-9-5-4-6-14(17)12-20(15-10-11-15)18(21)13-22-16-7-2-1-3-8-16/h1-9,15H,10-13H2. The van der Waals surface area contributed by atoms with Gasteiger partial charge < -0.3 is 4.90 Å². The number of rotatable bonds is 6. The Labute approximate surface area is 134 Å². The first kappa shape index (κ1) is 15.1. The van der Waals surface area contributed by atoms with Gasteiger partial charge in [0.25, 0.3) is 0 Å². The molecule has 1 aliphatic rings. The van der Waals surface area contributed by atoms with Crippen LogP contribution in [0.2, 0.25) is 0 Å². The molecule has 1 fully saturated rings. The fraction of sp³-hybridized carbons (Fsp3) is 0.278. The van der Waals surface area contributed by atoms with Crippen molar-refractivity contribution in [1.29, 1.82) is 0 Å². The lowest BCUT2D eigenvalue weighted by Crippen LogP contribution is -2.34. The van der Waals surface area contributed by atoms with Crippen LogP contribution >= 0.6 is 11.8 Å². The molecule has 0 aliphatic heterocycles. The largest absolute Gasteiger partial charge is 0.335 e. The van der Waals surface area contributed by atoms with Crippen molar-refractivity contribution in [3.8, 4) is 0 Å². The van der Waals surface area contributed by atoms with Crippen molar-refractivity contribution in [2.75, 3.05) is 5.75 Å². The number of amides is 1. The summed E-state index contributed by atoms with van der Waals surface area (Å²) < 4.78 is 13.8. The maximum atomic E-state index is 13.8. The minimum Gasteiger partial charge on any atom is -0.335 e. The van der Waals surface area contributed by atoms with Crippen molar-refractivity contribution in [2.24, 2.45) is 0 Å². The van der Waals surface area contributed by atoms with Crippen molar-refractivity contribution < 1.29 is 9.18 Å². The van der Waals surface area contributed by atoms with E-state index in [-0.39, 0.29) is 17.8 Å². The van der Waals surface area contributed by atoms with E-state index in [2.05, 4.69) is 0 Å². The van der Waals surface area contributed by atoms with Gasteiger partial charge in [-0.25, -0.2) is 4.39 Å². The van der Waals surface area contributed by atoms with Crippen molar-refractivity contribution in [2.45, 2.75) is 30.3 Å². The quantitative estimate of drug-likeness (QED) is 0.748. The van der Waals surface area contributed by atoms with Crippen LogP contribution in [0.25, 0.3) is 0 Å². The lowest BCUT2D eigenvalue weighted by atomic mass is 10.2. The van der Waals surface area contributed by atoms with E-state index in [0.29, 0.717) is 17.9 Å². The average Bonchev–Trinajstić information content (AvgIpc) is 3.37. The highest BCUT2D eigenvalue weighted by Gasteiger charge is 2.32. The second-order valence-corrected chi connectivity index (χ2v) is 6.49. The normalized spacial score (nSPS) is 13.9. The van der Waals surface area contributed by atoms with E-state index >= 15 is 0 Å². The molecule has 0 bridgehead atoms. The zero-order valence-corrected chi connectivity index (χ0v) is 13.1. The summed E-state index contributed by atoms with van der Waals surface area (Å²) in [6, 6.07) is 16.8. The molecule has 1 amide bonds. The lowest BCUT2D eigenvalue weighted by Gasteiger charge is -2.22. The molecule has 114 valence electrons. The van der Waals surface area contributed by atoms with E-state index in [9.17, 15) is 9.18 Å². The van der Waals surface area contributed by atoms with Crippen molar-refractivity contribution in [3.63, 3.8) is 0 Å². The van der Waals surface area contributed by atoms with Gasteiger partial charge in [-0.15, -0.1) is 11.8 Å².